The molecule has 1 unspecified atom stereocenters. The number of aromatic nitrogens is 2. The Hall–Kier alpha value is -1.69. The third-order valence-corrected chi connectivity index (χ3v) is 3.15. The Morgan fingerprint density at radius 1 is 1.40 bits per heavy atom. The van der Waals surface area contributed by atoms with Crippen molar-refractivity contribution in [2.75, 3.05) is 5.73 Å². The van der Waals surface area contributed by atoms with E-state index in [0.29, 0.717) is 10.6 Å². The van der Waals surface area contributed by atoms with Crippen molar-refractivity contribution in [3.8, 4) is 0 Å². The quantitative estimate of drug-likeness (QED) is 0.757. The second-order valence-corrected chi connectivity index (χ2v) is 4.21. The second kappa shape index (κ2) is 3.82. The minimum atomic E-state index is -1.57. The lowest BCUT2D eigenvalue weighted by atomic mass is 10.3. The molecular weight excluding hydrogens is 217 g/mol. The molecule has 0 aliphatic carbocycles. The lowest BCUT2D eigenvalue weighted by Crippen LogP contribution is -1.99. The van der Waals surface area contributed by atoms with E-state index >= 15 is 0 Å². The van der Waals surface area contributed by atoms with E-state index in [1.165, 1.54) is 0 Å². The van der Waals surface area contributed by atoms with Gasteiger partial charge in [0.15, 0.2) is 0 Å². The smallest absolute Gasteiger partial charge is 0.211 e. The molecule has 0 amide bonds. The molecule has 1 aromatic heterocycles. The van der Waals surface area contributed by atoms with Crippen molar-refractivity contribution in [3.05, 3.63) is 36.4 Å². The van der Waals surface area contributed by atoms with Crippen LogP contribution in [0.3, 0.4) is 0 Å². The summed E-state index contributed by atoms with van der Waals surface area (Å²) in [5.74, 6) is -0.618. The van der Waals surface area contributed by atoms with Crippen molar-refractivity contribution in [3.63, 3.8) is 0 Å². The maximum Gasteiger partial charge on any atom is 0.211 e. The maximum atomic E-state index is 12.6. The number of nitrogens with two attached hydrogens (primary N) is 1. The fraction of sp³-hybridized carbons (Fsp3) is 0. The van der Waals surface area contributed by atoms with Gasteiger partial charge in [0.2, 0.25) is 11.1 Å². The summed E-state index contributed by atoms with van der Waals surface area (Å²) < 4.78 is 24.5. The summed E-state index contributed by atoms with van der Waals surface area (Å²) >= 11 is 0. The highest BCUT2D eigenvalue weighted by molar-refractivity contribution is 7.85. The van der Waals surface area contributed by atoms with Gasteiger partial charge in [0, 0.05) is 5.69 Å². The number of anilines is 1. The number of nitrogens with zero attached hydrogens (tertiary/aromatic N) is 1. The van der Waals surface area contributed by atoms with Crippen LogP contribution in [-0.4, -0.2) is 14.2 Å². The van der Waals surface area contributed by atoms with Crippen LogP contribution >= 0.6 is 0 Å². The van der Waals surface area contributed by atoms with Gasteiger partial charge in [-0.15, -0.1) is 0 Å². The minimum Gasteiger partial charge on any atom is -0.398 e. The van der Waals surface area contributed by atoms with E-state index in [1.54, 1.807) is 24.3 Å². The normalized spacial score (nSPS) is 12.6. The molecule has 6 heteroatoms. The van der Waals surface area contributed by atoms with Crippen LogP contribution in [0.2, 0.25) is 0 Å². The van der Waals surface area contributed by atoms with E-state index in [2.05, 4.69) is 9.97 Å². The molecule has 0 spiro atoms. The van der Waals surface area contributed by atoms with Gasteiger partial charge >= 0.3 is 0 Å². The molecular formula is C9H8FN3OS. The molecule has 78 valence electrons. The van der Waals surface area contributed by atoms with Crippen molar-refractivity contribution in [1.29, 1.82) is 0 Å². The van der Waals surface area contributed by atoms with Crippen molar-refractivity contribution < 1.29 is 8.60 Å². The van der Waals surface area contributed by atoms with E-state index in [4.69, 9.17) is 5.73 Å². The Morgan fingerprint density at radius 2 is 2.13 bits per heavy atom. The number of hydrogen-bond acceptors (Lipinski definition) is 3. The Balaban J connectivity index is 2.41. The first kappa shape index (κ1) is 9.85. The van der Waals surface area contributed by atoms with E-state index in [-0.39, 0.29) is 5.16 Å². The number of nitrogen functional groups attached to an aromatic ring is 1. The van der Waals surface area contributed by atoms with Crippen molar-refractivity contribution >= 4 is 16.5 Å². The monoisotopic (exact) mass is 225 g/mol. The molecule has 2 rings (SSSR count). The summed E-state index contributed by atoms with van der Waals surface area (Å²) in [6.45, 7) is 0. The lowest BCUT2D eigenvalue weighted by Gasteiger charge is -2.01. The molecule has 1 atom stereocenters. The molecule has 0 radical (unpaired) electrons. The number of aromatic amines is 1. The molecule has 0 aliphatic rings. The summed E-state index contributed by atoms with van der Waals surface area (Å²) in [6.07, 6.45) is 0.979. The molecule has 4 nitrogen and oxygen atoms in total. The van der Waals surface area contributed by atoms with Crippen LogP contribution in [0.25, 0.3) is 0 Å². The predicted molar refractivity (Wildman–Crippen MR) is 54.1 cm³/mol. The van der Waals surface area contributed by atoms with Crippen LogP contribution < -0.4 is 5.73 Å². The first-order valence-electron chi connectivity index (χ1n) is 4.15. The fourth-order valence-electron chi connectivity index (χ4n) is 1.13. The van der Waals surface area contributed by atoms with Crippen molar-refractivity contribution in [1.82, 2.24) is 9.97 Å². The van der Waals surface area contributed by atoms with E-state index in [9.17, 15) is 8.60 Å². The van der Waals surface area contributed by atoms with Gasteiger partial charge < -0.3 is 10.7 Å². The van der Waals surface area contributed by atoms with E-state index in [0.717, 1.165) is 6.20 Å². The molecule has 1 aromatic carbocycles. The molecule has 1 heterocycles. The van der Waals surface area contributed by atoms with E-state index < -0.39 is 16.7 Å². The Morgan fingerprint density at radius 3 is 2.73 bits per heavy atom. The zero-order chi connectivity index (χ0) is 10.8. The van der Waals surface area contributed by atoms with Gasteiger partial charge in [-0.05, 0) is 12.1 Å². The van der Waals surface area contributed by atoms with Gasteiger partial charge in [-0.3, -0.25) is 0 Å². The summed E-state index contributed by atoms with van der Waals surface area (Å²) in [7, 11) is -1.57. The molecule has 0 fully saturated rings. The zero-order valence-corrected chi connectivity index (χ0v) is 8.42. The average molecular weight is 225 g/mol. The van der Waals surface area contributed by atoms with Crippen molar-refractivity contribution in [2.45, 2.75) is 10.1 Å². The number of benzene rings is 1. The van der Waals surface area contributed by atoms with Gasteiger partial charge in [0.05, 0.1) is 11.1 Å². The summed E-state index contributed by atoms with van der Waals surface area (Å²) in [5, 5.41) is 0.0606. The second-order valence-electron chi connectivity index (χ2n) is 2.84. The standard InChI is InChI=1S/C9H8FN3OS/c10-8-5-12-9(13-8)15(14)7-4-2-1-3-6(7)11/h1-5H,11H2,(H,12,13). The van der Waals surface area contributed by atoms with Crippen molar-refractivity contribution in [2.24, 2.45) is 0 Å². The number of hydrogen-bond donors (Lipinski definition) is 2. The SMILES string of the molecule is Nc1ccccc1S(=O)c1ncc(F)[nH]1. The summed E-state index contributed by atoms with van der Waals surface area (Å²) in [5.41, 5.74) is 6.03. The van der Waals surface area contributed by atoms with Crippen LogP contribution in [0.5, 0.6) is 0 Å². The first-order valence-corrected chi connectivity index (χ1v) is 5.30. The predicted octanol–water partition coefficient (Wildman–Crippen LogP) is 1.30. The van der Waals surface area contributed by atoms with Gasteiger partial charge in [-0.2, -0.15) is 4.39 Å². The van der Waals surface area contributed by atoms with Crippen LogP contribution in [0.1, 0.15) is 0 Å². The summed E-state index contributed by atoms with van der Waals surface area (Å²) in [6, 6.07) is 6.69. The largest absolute Gasteiger partial charge is 0.398 e. The molecule has 3 N–H and O–H groups in total. The van der Waals surface area contributed by atoms with Crippen LogP contribution in [-0.2, 0) is 10.8 Å². The summed E-state index contributed by atoms with van der Waals surface area (Å²) in [4.78, 5) is 6.34. The first-order chi connectivity index (χ1) is 7.18. The molecule has 0 bridgehead atoms. The highest BCUT2D eigenvalue weighted by Gasteiger charge is 2.13. The number of imidazole rings is 1. The third-order valence-electron chi connectivity index (χ3n) is 1.82. The molecule has 0 saturated heterocycles. The van der Waals surface area contributed by atoms with Gasteiger partial charge in [-0.25, -0.2) is 9.19 Å². The maximum absolute atomic E-state index is 12.6. The topological polar surface area (TPSA) is 71.8 Å². The minimum absolute atomic E-state index is 0.0606. The van der Waals surface area contributed by atoms with Gasteiger partial charge in [-0.1, -0.05) is 12.1 Å². The molecule has 2 aromatic rings. The Labute approximate surface area is 87.8 Å². The number of para-hydroxylation sites is 1. The molecule has 15 heavy (non-hydrogen) atoms. The average Bonchev–Trinajstić information content (AvgIpc) is 2.65. The number of rotatable bonds is 2. The third kappa shape index (κ3) is 1.89. The highest BCUT2D eigenvalue weighted by Crippen LogP contribution is 2.19. The lowest BCUT2D eigenvalue weighted by molar-refractivity contribution is 0.583. The molecule has 0 saturated carbocycles. The van der Waals surface area contributed by atoms with Crippen LogP contribution in [0, 0.1) is 5.95 Å². The zero-order valence-electron chi connectivity index (χ0n) is 7.61. The Bertz CT molecular complexity index is 512. The van der Waals surface area contributed by atoms with Gasteiger partial charge in [0.1, 0.15) is 10.8 Å². The number of H-pyrrole nitrogens is 1. The number of nitrogens with one attached hydrogen (secondary N) is 1. The highest BCUT2D eigenvalue weighted by atomic mass is 32.2. The Kier molecular flexibility index (Phi) is 2.51. The van der Waals surface area contributed by atoms with E-state index in [1.807, 2.05) is 0 Å². The van der Waals surface area contributed by atoms with Gasteiger partial charge in [0.25, 0.3) is 0 Å². The fourth-order valence-corrected chi connectivity index (χ4v) is 2.16. The molecule has 0 aliphatic heterocycles. The van der Waals surface area contributed by atoms with Crippen LogP contribution in [0.4, 0.5) is 10.1 Å². The number of halogens is 1. The van der Waals surface area contributed by atoms with Crippen LogP contribution in [0.15, 0.2) is 40.5 Å².